The van der Waals surface area contributed by atoms with Crippen LogP contribution >= 0.6 is 23.2 Å². The Bertz CT molecular complexity index is 1620. The van der Waals surface area contributed by atoms with E-state index in [1.165, 1.54) is 18.2 Å². The van der Waals surface area contributed by atoms with E-state index in [9.17, 15) is 18.8 Å². The molecule has 3 amide bonds. The van der Waals surface area contributed by atoms with Crippen molar-refractivity contribution in [3.63, 3.8) is 0 Å². The molecule has 1 heterocycles. The Morgan fingerprint density at radius 3 is 2.12 bits per heavy atom. The van der Waals surface area contributed by atoms with Crippen LogP contribution in [0.4, 0.5) is 21.5 Å². The number of nitrogens with one attached hydrogen (secondary N) is 2. The number of carbonyl (C=O) groups excluding carboxylic acids is 3. The number of imide groups is 1. The molecule has 0 atom stereocenters. The molecule has 2 N–H and O–H groups in total. The van der Waals surface area contributed by atoms with Crippen LogP contribution in [0.2, 0.25) is 5.02 Å². The first-order valence-electron chi connectivity index (χ1n) is 12.0. The maximum atomic E-state index is 14.2. The Morgan fingerprint density at radius 1 is 0.800 bits per heavy atom. The summed E-state index contributed by atoms with van der Waals surface area (Å²) in [7, 11) is 0. The quantitative estimate of drug-likeness (QED) is 0.227. The second-order valence-electron chi connectivity index (χ2n) is 8.68. The van der Waals surface area contributed by atoms with Crippen LogP contribution in [0.5, 0.6) is 5.75 Å². The van der Waals surface area contributed by atoms with E-state index in [1.807, 2.05) is 12.1 Å². The Morgan fingerprint density at radius 2 is 1.45 bits per heavy atom. The Labute approximate surface area is 238 Å². The minimum Gasteiger partial charge on any atom is -0.489 e. The highest BCUT2D eigenvalue weighted by molar-refractivity contribution is 6.53. The van der Waals surface area contributed by atoms with Crippen LogP contribution < -0.4 is 20.3 Å². The van der Waals surface area contributed by atoms with Gasteiger partial charge in [-0.3, -0.25) is 14.4 Å². The molecule has 5 rings (SSSR count). The van der Waals surface area contributed by atoms with Crippen molar-refractivity contribution in [2.24, 2.45) is 0 Å². The first kappa shape index (κ1) is 26.9. The number of para-hydroxylation sites is 1. The molecule has 200 valence electrons. The van der Waals surface area contributed by atoms with Crippen molar-refractivity contribution in [2.45, 2.75) is 6.61 Å². The number of hydrogen-bond donors (Lipinski definition) is 2. The van der Waals surface area contributed by atoms with Gasteiger partial charge >= 0.3 is 0 Å². The van der Waals surface area contributed by atoms with E-state index in [0.29, 0.717) is 39.2 Å². The summed E-state index contributed by atoms with van der Waals surface area (Å²) in [6.07, 6.45) is 0. The highest BCUT2D eigenvalue weighted by Gasteiger charge is 2.40. The SMILES string of the molecule is O=C(Nc1ccc(OCc2ccc(Cl)cc2)cc1)c1ccc(NC2=C(Cl)C(=O)N(c3ccccc3F)C2=O)cc1. The largest absolute Gasteiger partial charge is 0.489 e. The Balaban J connectivity index is 1.19. The number of carbonyl (C=O) groups is 3. The third-order valence-corrected chi connectivity index (χ3v) is 6.57. The predicted octanol–water partition coefficient (Wildman–Crippen LogP) is 6.75. The number of benzene rings is 4. The summed E-state index contributed by atoms with van der Waals surface area (Å²) in [5.74, 6) is -2.06. The molecule has 0 bridgehead atoms. The van der Waals surface area contributed by atoms with Crippen molar-refractivity contribution in [1.29, 1.82) is 0 Å². The fraction of sp³-hybridized carbons (Fsp3) is 0.0333. The van der Waals surface area contributed by atoms with E-state index in [4.69, 9.17) is 27.9 Å². The number of anilines is 3. The summed E-state index contributed by atoms with van der Waals surface area (Å²) in [5.41, 5.74) is 1.93. The number of rotatable bonds is 8. The molecule has 0 saturated carbocycles. The topological polar surface area (TPSA) is 87.7 Å². The van der Waals surface area contributed by atoms with Gasteiger partial charge in [-0.1, -0.05) is 47.5 Å². The molecule has 0 spiro atoms. The first-order valence-corrected chi connectivity index (χ1v) is 12.7. The lowest BCUT2D eigenvalue weighted by Crippen LogP contribution is -2.33. The van der Waals surface area contributed by atoms with Gasteiger partial charge in [0.25, 0.3) is 17.7 Å². The monoisotopic (exact) mass is 575 g/mol. The van der Waals surface area contributed by atoms with Gasteiger partial charge in [0, 0.05) is 22.0 Å². The van der Waals surface area contributed by atoms with Gasteiger partial charge in [0.1, 0.15) is 28.9 Å². The number of halogens is 3. The van der Waals surface area contributed by atoms with Gasteiger partial charge in [-0.05, 0) is 78.4 Å². The van der Waals surface area contributed by atoms with Crippen LogP contribution in [0.25, 0.3) is 0 Å². The minimum atomic E-state index is -0.836. The molecule has 4 aromatic rings. The van der Waals surface area contributed by atoms with Crippen molar-refractivity contribution in [1.82, 2.24) is 0 Å². The van der Waals surface area contributed by atoms with Crippen molar-refractivity contribution >= 4 is 58.0 Å². The van der Waals surface area contributed by atoms with Gasteiger partial charge in [-0.2, -0.15) is 0 Å². The van der Waals surface area contributed by atoms with E-state index in [-0.39, 0.29) is 22.3 Å². The summed E-state index contributed by atoms with van der Waals surface area (Å²) in [4.78, 5) is 38.8. The molecule has 1 aliphatic rings. The van der Waals surface area contributed by atoms with Gasteiger partial charge in [-0.15, -0.1) is 0 Å². The molecule has 7 nitrogen and oxygen atoms in total. The third kappa shape index (κ3) is 5.83. The number of ether oxygens (including phenoxy) is 1. The Kier molecular flexibility index (Phi) is 7.82. The molecular formula is C30H20Cl2FN3O4. The smallest absolute Gasteiger partial charge is 0.283 e. The maximum Gasteiger partial charge on any atom is 0.283 e. The first-order chi connectivity index (χ1) is 19.3. The zero-order valence-electron chi connectivity index (χ0n) is 20.7. The average molecular weight is 576 g/mol. The highest BCUT2D eigenvalue weighted by Crippen LogP contribution is 2.31. The van der Waals surface area contributed by atoms with Crippen molar-refractivity contribution in [3.05, 3.63) is 130 Å². The minimum absolute atomic E-state index is 0.189. The molecular weight excluding hydrogens is 556 g/mol. The van der Waals surface area contributed by atoms with Crippen LogP contribution in [0.15, 0.2) is 108 Å². The van der Waals surface area contributed by atoms with E-state index >= 15 is 0 Å². The molecule has 0 aliphatic carbocycles. The molecule has 0 aromatic heterocycles. The van der Waals surface area contributed by atoms with Gasteiger partial charge < -0.3 is 15.4 Å². The lowest BCUT2D eigenvalue weighted by Gasteiger charge is -2.15. The highest BCUT2D eigenvalue weighted by atomic mass is 35.5. The van der Waals surface area contributed by atoms with Crippen LogP contribution in [0.1, 0.15) is 15.9 Å². The molecule has 0 saturated heterocycles. The fourth-order valence-electron chi connectivity index (χ4n) is 3.90. The van der Waals surface area contributed by atoms with Crippen LogP contribution in [0.3, 0.4) is 0 Å². The predicted molar refractivity (Wildman–Crippen MR) is 152 cm³/mol. The van der Waals surface area contributed by atoms with Crippen LogP contribution in [-0.4, -0.2) is 17.7 Å². The molecule has 10 heteroatoms. The summed E-state index contributed by atoms with van der Waals surface area (Å²) >= 11 is 12.0. The number of nitrogens with zero attached hydrogens (tertiary/aromatic N) is 1. The zero-order chi connectivity index (χ0) is 28.2. The molecule has 0 unspecified atom stereocenters. The van der Waals surface area contributed by atoms with Gasteiger partial charge in [0.2, 0.25) is 0 Å². The summed E-state index contributed by atoms with van der Waals surface area (Å²) in [6, 6.07) is 25.9. The second-order valence-corrected chi connectivity index (χ2v) is 9.50. The van der Waals surface area contributed by atoms with E-state index in [0.717, 1.165) is 11.6 Å². The third-order valence-electron chi connectivity index (χ3n) is 5.97. The number of hydrogen-bond acceptors (Lipinski definition) is 5. The normalized spacial score (nSPS) is 13.0. The standard InChI is InChI=1S/C30H20Cl2FN3O4/c31-20-9-5-18(6-10-20)17-40-23-15-13-22(14-16-23)35-28(37)19-7-11-21(12-8-19)34-27-26(32)29(38)36(30(27)39)25-4-2-1-3-24(25)33/h1-16,34H,17H2,(H,35,37). The molecule has 0 fully saturated rings. The van der Waals surface area contributed by atoms with Gasteiger partial charge in [0.15, 0.2) is 0 Å². The summed E-state index contributed by atoms with van der Waals surface area (Å²) < 4.78 is 20.0. The lowest BCUT2D eigenvalue weighted by molar-refractivity contribution is -0.120. The number of amides is 3. The van der Waals surface area contributed by atoms with Crippen molar-refractivity contribution in [3.8, 4) is 5.75 Å². The fourth-order valence-corrected chi connectivity index (χ4v) is 4.24. The second kappa shape index (κ2) is 11.6. The molecule has 0 radical (unpaired) electrons. The van der Waals surface area contributed by atoms with Crippen LogP contribution in [0, 0.1) is 5.82 Å². The van der Waals surface area contributed by atoms with Crippen molar-refractivity contribution in [2.75, 3.05) is 15.5 Å². The lowest BCUT2D eigenvalue weighted by atomic mass is 10.2. The molecule has 40 heavy (non-hydrogen) atoms. The van der Waals surface area contributed by atoms with E-state index in [1.54, 1.807) is 60.7 Å². The summed E-state index contributed by atoms with van der Waals surface area (Å²) in [5, 5.41) is 5.90. The van der Waals surface area contributed by atoms with E-state index in [2.05, 4.69) is 10.6 Å². The van der Waals surface area contributed by atoms with Crippen molar-refractivity contribution < 1.29 is 23.5 Å². The zero-order valence-corrected chi connectivity index (χ0v) is 22.2. The maximum absolute atomic E-state index is 14.2. The summed E-state index contributed by atoms with van der Waals surface area (Å²) in [6.45, 7) is 0.381. The van der Waals surface area contributed by atoms with Crippen LogP contribution in [-0.2, 0) is 16.2 Å². The van der Waals surface area contributed by atoms with Gasteiger partial charge in [0.05, 0.1) is 5.69 Å². The van der Waals surface area contributed by atoms with E-state index < -0.39 is 17.6 Å². The average Bonchev–Trinajstić information content (AvgIpc) is 3.17. The molecule has 4 aromatic carbocycles. The van der Waals surface area contributed by atoms with Gasteiger partial charge in [-0.25, -0.2) is 9.29 Å². The Hall–Kier alpha value is -4.66. The molecule has 1 aliphatic heterocycles.